The third kappa shape index (κ3) is 3.14. The molecule has 0 amide bonds. The largest absolute Gasteiger partial charge is 0.316 e. The second-order valence-electron chi connectivity index (χ2n) is 5.75. The summed E-state index contributed by atoms with van der Waals surface area (Å²) in [5, 5.41) is 3.38. The lowest BCUT2D eigenvalue weighted by atomic mass is 9.74. The molecule has 1 nitrogen and oxygen atoms in total. The lowest BCUT2D eigenvalue weighted by Gasteiger charge is -2.37. The molecule has 1 aromatic rings. The van der Waals surface area contributed by atoms with E-state index in [4.69, 9.17) is 0 Å². The Morgan fingerprint density at radius 1 is 1.16 bits per heavy atom. The average Bonchev–Trinajstić information content (AvgIpc) is 2.84. The van der Waals surface area contributed by atoms with Crippen LogP contribution in [0.15, 0.2) is 18.2 Å². The molecule has 0 spiro atoms. The summed E-state index contributed by atoms with van der Waals surface area (Å²) >= 11 is 0. The second kappa shape index (κ2) is 6.00. The molecule has 106 valence electrons. The molecule has 0 bridgehead atoms. The van der Waals surface area contributed by atoms with Crippen LogP contribution in [-0.4, -0.2) is 13.1 Å². The second-order valence-corrected chi connectivity index (χ2v) is 5.75. The van der Waals surface area contributed by atoms with Crippen LogP contribution in [-0.2, 0) is 6.42 Å². The highest BCUT2D eigenvalue weighted by molar-refractivity contribution is 5.20. The quantitative estimate of drug-likeness (QED) is 0.848. The predicted molar refractivity (Wildman–Crippen MR) is 74.1 cm³/mol. The highest BCUT2D eigenvalue weighted by atomic mass is 19.1. The first-order valence-electron chi connectivity index (χ1n) is 7.22. The van der Waals surface area contributed by atoms with Gasteiger partial charge < -0.3 is 5.32 Å². The van der Waals surface area contributed by atoms with Crippen molar-refractivity contribution in [2.24, 2.45) is 5.41 Å². The van der Waals surface area contributed by atoms with E-state index in [-0.39, 0.29) is 5.41 Å². The summed E-state index contributed by atoms with van der Waals surface area (Å²) in [5.74, 6) is -0.969. The SMILES string of the molecule is CCC1(C(Cc2cc(F)cc(F)c2)NC)CCCC1. The van der Waals surface area contributed by atoms with Gasteiger partial charge in [0.1, 0.15) is 11.6 Å². The highest BCUT2D eigenvalue weighted by Crippen LogP contribution is 2.44. The van der Waals surface area contributed by atoms with E-state index in [0.717, 1.165) is 18.1 Å². The zero-order valence-electron chi connectivity index (χ0n) is 11.8. The molecule has 0 saturated heterocycles. The van der Waals surface area contributed by atoms with Crippen molar-refractivity contribution in [1.29, 1.82) is 0 Å². The van der Waals surface area contributed by atoms with Crippen LogP contribution in [0.3, 0.4) is 0 Å². The van der Waals surface area contributed by atoms with Crippen molar-refractivity contribution in [1.82, 2.24) is 5.32 Å². The molecule has 2 rings (SSSR count). The predicted octanol–water partition coefficient (Wildman–Crippen LogP) is 4.07. The molecule has 1 fully saturated rings. The zero-order chi connectivity index (χ0) is 13.9. The Labute approximate surface area is 114 Å². The van der Waals surface area contributed by atoms with Crippen LogP contribution in [0.4, 0.5) is 8.78 Å². The van der Waals surface area contributed by atoms with Crippen molar-refractivity contribution in [3.05, 3.63) is 35.4 Å². The van der Waals surface area contributed by atoms with Gasteiger partial charge >= 0.3 is 0 Å². The Bertz CT molecular complexity index is 405. The van der Waals surface area contributed by atoms with Gasteiger partial charge in [0.05, 0.1) is 0 Å². The van der Waals surface area contributed by atoms with Gasteiger partial charge in [-0.05, 0) is 55.8 Å². The van der Waals surface area contributed by atoms with Crippen molar-refractivity contribution in [3.63, 3.8) is 0 Å². The van der Waals surface area contributed by atoms with Crippen molar-refractivity contribution in [2.45, 2.75) is 51.5 Å². The van der Waals surface area contributed by atoms with E-state index < -0.39 is 11.6 Å². The first-order chi connectivity index (χ1) is 9.09. The van der Waals surface area contributed by atoms with E-state index >= 15 is 0 Å². The third-order valence-corrected chi connectivity index (χ3v) is 4.75. The van der Waals surface area contributed by atoms with Crippen LogP contribution in [0.2, 0.25) is 0 Å². The van der Waals surface area contributed by atoms with Gasteiger partial charge in [-0.25, -0.2) is 8.78 Å². The fourth-order valence-corrected chi connectivity index (χ4v) is 3.62. The monoisotopic (exact) mass is 267 g/mol. The van der Waals surface area contributed by atoms with Gasteiger partial charge in [0.25, 0.3) is 0 Å². The minimum absolute atomic E-state index is 0.289. The third-order valence-electron chi connectivity index (χ3n) is 4.75. The van der Waals surface area contributed by atoms with E-state index in [0.29, 0.717) is 12.5 Å². The molecule has 19 heavy (non-hydrogen) atoms. The van der Waals surface area contributed by atoms with Crippen molar-refractivity contribution < 1.29 is 8.78 Å². The van der Waals surface area contributed by atoms with Gasteiger partial charge in [-0.1, -0.05) is 19.8 Å². The Morgan fingerprint density at radius 2 is 1.74 bits per heavy atom. The Kier molecular flexibility index (Phi) is 4.56. The topological polar surface area (TPSA) is 12.0 Å². The van der Waals surface area contributed by atoms with E-state index in [1.165, 1.54) is 37.8 Å². The Balaban J connectivity index is 2.18. The van der Waals surface area contributed by atoms with Gasteiger partial charge in [0.2, 0.25) is 0 Å². The maximum Gasteiger partial charge on any atom is 0.126 e. The van der Waals surface area contributed by atoms with Crippen molar-refractivity contribution in [2.75, 3.05) is 7.05 Å². The molecule has 1 saturated carbocycles. The molecular weight excluding hydrogens is 244 g/mol. The standard InChI is InChI=1S/C16H23F2N/c1-3-16(6-4-5-7-16)15(19-2)10-12-8-13(17)11-14(18)9-12/h8-9,11,15,19H,3-7,10H2,1-2H3. The molecule has 1 atom stereocenters. The van der Waals surface area contributed by atoms with Gasteiger partial charge in [-0.2, -0.15) is 0 Å². The zero-order valence-corrected chi connectivity index (χ0v) is 11.8. The van der Waals surface area contributed by atoms with E-state index in [9.17, 15) is 8.78 Å². The van der Waals surface area contributed by atoms with Crippen LogP contribution in [0.5, 0.6) is 0 Å². The molecule has 0 heterocycles. The van der Waals surface area contributed by atoms with Crippen LogP contribution >= 0.6 is 0 Å². The summed E-state index contributed by atoms with van der Waals surface area (Å²) in [5.41, 5.74) is 1.04. The number of likely N-dealkylation sites (N-methyl/N-ethyl adjacent to an activating group) is 1. The molecule has 0 radical (unpaired) electrons. The highest BCUT2D eigenvalue weighted by Gasteiger charge is 2.38. The lowest BCUT2D eigenvalue weighted by Crippen LogP contribution is -2.43. The molecule has 1 aliphatic rings. The Hall–Kier alpha value is -0.960. The molecule has 1 N–H and O–H groups in total. The number of rotatable bonds is 5. The molecule has 0 aromatic heterocycles. The molecule has 0 aliphatic heterocycles. The van der Waals surface area contributed by atoms with Gasteiger partial charge in [-0.3, -0.25) is 0 Å². The molecule has 3 heteroatoms. The Morgan fingerprint density at radius 3 is 2.21 bits per heavy atom. The molecule has 1 aromatic carbocycles. The molecule has 1 unspecified atom stereocenters. The minimum Gasteiger partial charge on any atom is -0.316 e. The molecule has 1 aliphatic carbocycles. The maximum atomic E-state index is 13.3. The van der Waals surface area contributed by atoms with Crippen molar-refractivity contribution >= 4 is 0 Å². The summed E-state index contributed by atoms with van der Waals surface area (Å²) in [4.78, 5) is 0. The first-order valence-corrected chi connectivity index (χ1v) is 7.22. The fraction of sp³-hybridized carbons (Fsp3) is 0.625. The summed E-state index contributed by atoms with van der Waals surface area (Å²) in [7, 11) is 1.95. The summed E-state index contributed by atoms with van der Waals surface area (Å²) in [6.45, 7) is 2.22. The van der Waals surface area contributed by atoms with Crippen LogP contribution < -0.4 is 5.32 Å². The fourth-order valence-electron chi connectivity index (χ4n) is 3.62. The summed E-state index contributed by atoms with van der Waals surface area (Å²) < 4.78 is 26.6. The van der Waals surface area contributed by atoms with Gasteiger partial charge in [-0.15, -0.1) is 0 Å². The summed E-state index contributed by atoms with van der Waals surface area (Å²) in [6, 6.07) is 4.13. The smallest absolute Gasteiger partial charge is 0.126 e. The number of hydrogen-bond acceptors (Lipinski definition) is 1. The number of nitrogens with one attached hydrogen (secondary N) is 1. The number of benzene rings is 1. The van der Waals surface area contributed by atoms with Crippen LogP contribution in [0.25, 0.3) is 0 Å². The van der Waals surface area contributed by atoms with E-state index in [1.807, 2.05) is 7.05 Å². The number of halogens is 2. The van der Waals surface area contributed by atoms with Crippen LogP contribution in [0, 0.1) is 17.0 Å². The van der Waals surface area contributed by atoms with Crippen molar-refractivity contribution in [3.8, 4) is 0 Å². The lowest BCUT2D eigenvalue weighted by molar-refractivity contribution is 0.192. The number of hydrogen-bond donors (Lipinski definition) is 1. The minimum atomic E-state index is -0.484. The van der Waals surface area contributed by atoms with E-state index in [1.54, 1.807) is 0 Å². The average molecular weight is 267 g/mol. The molecular formula is C16H23F2N. The van der Waals surface area contributed by atoms with Gasteiger partial charge in [0, 0.05) is 12.1 Å². The first kappa shape index (κ1) is 14.4. The van der Waals surface area contributed by atoms with Gasteiger partial charge in [0.15, 0.2) is 0 Å². The summed E-state index contributed by atoms with van der Waals surface area (Å²) in [6.07, 6.45) is 6.78. The normalized spacial score (nSPS) is 19.6. The maximum absolute atomic E-state index is 13.3. The van der Waals surface area contributed by atoms with E-state index in [2.05, 4.69) is 12.2 Å². The van der Waals surface area contributed by atoms with Crippen LogP contribution in [0.1, 0.15) is 44.6 Å².